The highest BCUT2D eigenvalue weighted by Gasteiger charge is 2.05. The van der Waals surface area contributed by atoms with E-state index < -0.39 is 0 Å². The number of rotatable bonds is 4. The molecule has 1 heterocycles. The summed E-state index contributed by atoms with van der Waals surface area (Å²) >= 11 is 0. The summed E-state index contributed by atoms with van der Waals surface area (Å²) in [6, 6.07) is 9.22. The fourth-order valence-electron chi connectivity index (χ4n) is 1.86. The molecule has 2 rings (SSSR count). The van der Waals surface area contributed by atoms with Crippen molar-refractivity contribution in [3.8, 4) is 11.1 Å². The quantitative estimate of drug-likeness (QED) is 0.892. The molecular weight excluding hydrogens is 227 g/mol. The number of pyridine rings is 1. The lowest BCUT2D eigenvalue weighted by Gasteiger charge is -2.07. The molecule has 0 aliphatic heterocycles. The minimum atomic E-state index is -0.164. The van der Waals surface area contributed by atoms with Crippen LogP contribution in [0.4, 0.5) is 4.39 Å². The molecular formula is C15H17FN2. The predicted octanol–water partition coefficient (Wildman–Crippen LogP) is 3.31. The molecule has 94 valence electrons. The van der Waals surface area contributed by atoms with Crippen molar-refractivity contribution in [1.29, 1.82) is 0 Å². The second-order valence-corrected chi connectivity index (χ2v) is 4.27. The first-order chi connectivity index (χ1) is 8.70. The summed E-state index contributed by atoms with van der Waals surface area (Å²) in [6.07, 6.45) is 1.75. The molecule has 1 aromatic carbocycles. The molecule has 1 aromatic heterocycles. The average molecular weight is 244 g/mol. The van der Waals surface area contributed by atoms with Gasteiger partial charge in [-0.2, -0.15) is 0 Å². The smallest absolute Gasteiger partial charge is 0.128 e. The maximum absolute atomic E-state index is 13.9. The second-order valence-electron chi connectivity index (χ2n) is 4.27. The molecule has 2 nitrogen and oxygen atoms in total. The van der Waals surface area contributed by atoms with Gasteiger partial charge in [0.25, 0.3) is 0 Å². The summed E-state index contributed by atoms with van der Waals surface area (Å²) in [6.45, 7) is 5.34. The van der Waals surface area contributed by atoms with Gasteiger partial charge in [-0.15, -0.1) is 0 Å². The average Bonchev–Trinajstić information content (AvgIpc) is 2.37. The number of hydrogen-bond acceptors (Lipinski definition) is 2. The van der Waals surface area contributed by atoms with Crippen molar-refractivity contribution in [3.05, 3.63) is 53.6 Å². The summed E-state index contributed by atoms with van der Waals surface area (Å²) in [5, 5.41) is 3.12. The van der Waals surface area contributed by atoms with Crippen LogP contribution >= 0.6 is 0 Å². The molecule has 0 atom stereocenters. The molecule has 0 spiro atoms. The topological polar surface area (TPSA) is 24.9 Å². The fraction of sp³-hybridized carbons (Fsp3) is 0.267. The second kappa shape index (κ2) is 5.74. The third kappa shape index (κ3) is 2.93. The van der Waals surface area contributed by atoms with E-state index >= 15 is 0 Å². The minimum absolute atomic E-state index is 0.164. The molecule has 0 saturated heterocycles. The van der Waals surface area contributed by atoms with E-state index in [1.165, 1.54) is 0 Å². The van der Waals surface area contributed by atoms with Crippen LogP contribution in [0.1, 0.15) is 18.2 Å². The Morgan fingerprint density at radius 2 is 1.94 bits per heavy atom. The maximum Gasteiger partial charge on any atom is 0.128 e. The van der Waals surface area contributed by atoms with Crippen LogP contribution in [0, 0.1) is 12.7 Å². The Balaban J connectivity index is 2.28. The molecule has 3 heteroatoms. The Labute approximate surface area is 107 Å². The van der Waals surface area contributed by atoms with Crippen molar-refractivity contribution in [2.24, 2.45) is 0 Å². The van der Waals surface area contributed by atoms with E-state index in [4.69, 9.17) is 0 Å². The van der Waals surface area contributed by atoms with Crippen LogP contribution in [0.15, 0.2) is 36.5 Å². The zero-order valence-electron chi connectivity index (χ0n) is 10.7. The van der Waals surface area contributed by atoms with Gasteiger partial charge < -0.3 is 5.32 Å². The molecule has 0 aliphatic rings. The van der Waals surface area contributed by atoms with Crippen LogP contribution in [0.5, 0.6) is 0 Å². The van der Waals surface area contributed by atoms with Gasteiger partial charge in [-0.3, -0.25) is 4.98 Å². The van der Waals surface area contributed by atoms with E-state index in [0.29, 0.717) is 12.1 Å². The van der Waals surface area contributed by atoms with E-state index in [-0.39, 0.29) is 5.82 Å². The lowest BCUT2D eigenvalue weighted by atomic mass is 10.0. The molecule has 0 radical (unpaired) electrons. The highest BCUT2D eigenvalue weighted by Crippen LogP contribution is 2.22. The normalized spacial score (nSPS) is 10.6. The van der Waals surface area contributed by atoms with Crippen molar-refractivity contribution in [1.82, 2.24) is 10.3 Å². The molecule has 0 saturated carbocycles. The van der Waals surface area contributed by atoms with E-state index in [1.807, 2.05) is 38.1 Å². The highest BCUT2D eigenvalue weighted by molar-refractivity contribution is 5.63. The lowest BCUT2D eigenvalue weighted by Crippen LogP contribution is -2.12. The molecule has 18 heavy (non-hydrogen) atoms. The number of aromatic nitrogens is 1. The van der Waals surface area contributed by atoms with Crippen LogP contribution in [0.25, 0.3) is 11.1 Å². The van der Waals surface area contributed by atoms with Crippen molar-refractivity contribution in [2.75, 3.05) is 6.54 Å². The molecule has 0 fully saturated rings. The third-order valence-corrected chi connectivity index (χ3v) is 2.85. The van der Waals surface area contributed by atoms with Gasteiger partial charge in [0, 0.05) is 24.0 Å². The first kappa shape index (κ1) is 12.7. The maximum atomic E-state index is 13.9. The Morgan fingerprint density at radius 1 is 1.17 bits per heavy atom. The van der Waals surface area contributed by atoms with Crippen LogP contribution < -0.4 is 5.32 Å². The van der Waals surface area contributed by atoms with E-state index in [2.05, 4.69) is 10.3 Å². The molecule has 0 unspecified atom stereocenters. The molecule has 0 bridgehead atoms. The Bertz CT molecular complexity index is 538. The van der Waals surface area contributed by atoms with E-state index in [0.717, 1.165) is 23.4 Å². The van der Waals surface area contributed by atoms with Gasteiger partial charge in [0.05, 0.1) is 0 Å². The van der Waals surface area contributed by atoms with Gasteiger partial charge in [0.15, 0.2) is 0 Å². The summed E-state index contributed by atoms with van der Waals surface area (Å²) in [4.78, 5) is 4.14. The largest absolute Gasteiger partial charge is 0.313 e. The number of nitrogens with zero attached hydrogens (tertiary/aromatic N) is 1. The lowest BCUT2D eigenvalue weighted by molar-refractivity contribution is 0.594. The van der Waals surface area contributed by atoms with Crippen molar-refractivity contribution in [3.63, 3.8) is 0 Å². The molecule has 0 aliphatic carbocycles. The molecule has 2 aromatic rings. The van der Waals surface area contributed by atoms with Gasteiger partial charge in [-0.1, -0.05) is 19.1 Å². The van der Waals surface area contributed by atoms with Gasteiger partial charge in [0.2, 0.25) is 0 Å². The van der Waals surface area contributed by atoms with Gasteiger partial charge in [-0.05, 0) is 42.8 Å². The van der Waals surface area contributed by atoms with Gasteiger partial charge in [0.1, 0.15) is 5.82 Å². The monoisotopic (exact) mass is 244 g/mol. The fourth-order valence-corrected chi connectivity index (χ4v) is 1.86. The number of nitrogens with one attached hydrogen (secondary N) is 1. The van der Waals surface area contributed by atoms with Gasteiger partial charge in [-0.25, -0.2) is 4.39 Å². The van der Waals surface area contributed by atoms with Crippen LogP contribution in [0.3, 0.4) is 0 Å². The minimum Gasteiger partial charge on any atom is -0.313 e. The number of halogens is 1. The van der Waals surface area contributed by atoms with Gasteiger partial charge >= 0.3 is 0 Å². The van der Waals surface area contributed by atoms with Crippen LogP contribution in [0.2, 0.25) is 0 Å². The van der Waals surface area contributed by atoms with E-state index in [1.54, 1.807) is 12.3 Å². The Hall–Kier alpha value is -1.74. The van der Waals surface area contributed by atoms with Crippen LogP contribution in [-0.4, -0.2) is 11.5 Å². The summed E-state index contributed by atoms with van der Waals surface area (Å²) in [5.41, 5.74) is 3.52. The SMILES string of the molecule is CCNCc1ccc(-c2ccnc(C)c2)cc1F. The Kier molecular flexibility index (Phi) is 4.05. The Morgan fingerprint density at radius 3 is 2.61 bits per heavy atom. The zero-order valence-corrected chi connectivity index (χ0v) is 10.7. The molecule has 0 amide bonds. The zero-order chi connectivity index (χ0) is 13.0. The summed E-state index contributed by atoms with van der Waals surface area (Å²) < 4.78 is 13.9. The van der Waals surface area contributed by atoms with Crippen molar-refractivity contribution in [2.45, 2.75) is 20.4 Å². The van der Waals surface area contributed by atoms with Crippen LogP contribution in [-0.2, 0) is 6.54 Å². The first-order valence-electron chi connectivity index (χ1n) is 6.13. The summed E-state index contributed by atoms with van der Waals surface area (Å²) in [5.74, 6) is -0.164. The standard InChI is InChI=1S/C15H17FN2/c1-3-17-10-14-5-4-12(9-15(14)16)13-6-7-18-11(2)8-13/h4-9,17H,3,10H2,1-2H3. The number of benzene rings is 1. The molecule has 1 N–H and O–H groups in total. The third-order valence-electron chi connectivity index (χ3n) is 2.85. The van der Waals surface area contributed by atoms with Crippen molar-refractivity contribution < 1.29 is 4.39 Å². The highest BCUT2D eigenvalue weighted by atomic mass is 19.1. The van der Waals surface area contributed by atoms with Crippen molar-refractivity contribution >= 4 is 0 Å². The first-order valence-corrected chi connectivity index (χ1v) is 6.13. The predicted molar refractivity (Wildman–Crippen MR) is 71.7 cm³/mol. The number of aryl methyl sites for hydroxylation is 1. The van der Waals surface area contributed by atoms with E-state index in [9.17, 15) is 4.39 Å². The number of hydrogen-bond donors (Lipinski definition) is 1. The summed E-state index contributed by atoms with van der Waals surface area (Å²) in [7, 11) is 0.